The van der Waals surface area contributed by atoms with Gasteiger partial charge in [-0.25, -0.2) is 0 Å². The SMILES string of the molecule is C[C@@H]1NC[C@H](C)N(Cc2ccccc2)[C@@H]1C. The summed E-state index contributed by atoms with van der Waals surface area (Å²) >= 11 is 0. The van der Waals surface area contributed by atoms with Crippen molar-refractivity contribution in [3.8, 4) is 0 Å². The number of piperazine rings is 1. The molecule has 2 nitrogen and oxygen atoms in total. The second kappa shape index (κ2) is 4.98. The summed E-state index contributed by atoms with van der Waals surface area (Å²) in [5, 5.41) is 3.56. The maximum absolute atomic E-state index is 3.56. The average molecular weight is 218 g/mol. The molecule has 1 heterocycles. The molecule has 16 heavy (non-hydrogen) atoms. The topological polar surface area (TPSA) is 15.3 Å². The van der Waals surface area contributed by atoms with Gasteiger partial charge in [0.25, 0.3) is 0 Å². The van der Waals surface area contributed by atoms with Gasteiger partial charge in [-0.15, -0.1) is 0 Å². The minimum atomic E-state index is 0.583. The Morgan fingerprint density at radius 3 is 2.56 bits per heavy atom. The van der Waals surface area contributed by atoms with Crippen LogP contribution in [0, 0.1) is 0 Å². The first-order valence-corrected chi connectivity index (χ1v) is 6.21. The lowest BCUT2D eigenvalue weighted by molar-refractivity contribution is 0.0797. The lowest BCUT2D eigenvalue weighted by Crippen LogP contribution is -2.59. The Morgan fingerprint density at radius 1 is 1.19 bits per heavy atom. The van der Waals surface area contributed by atoms with E-state index in [-0.39, 0.29) is 0 Å². The first-order valence-electron chi connectivity index (χ1n) is 6.21. The Bertz CT molecular complexity index is 323. The Kier molecular flexibility index (Phi) is 3.62. The van der Waals surface area contributed by atoms with Gasteiger partial charge < -0.3 is 5.32 Å². The third-order valence-corrected chi connectivity index (χ3v) is 3.76. The van der Waals surface area contributed by atoms with Crippen molar-refractivity contribution in [3.63, 3.8) is 0 Å². The summed E-state index contributed by atoms with van der Waals surface area (Å²) in [6, 6.07) is 12.6. The number of benzene rings is 1. The van der Waals surface area contributed by atoms with E-state index >= 15 is 0 Å². The fourth-order valence-corrected chi connectivity index (χ4v) is 2.43. The summed E-state index contributed by atoms with van der Waals surface area (Å²) in [5.74, 6) is 0. The second-order valence-corrected chi connectivity index (χ2v) is 4.94. The number of nitrogens with one attached hydrogen (secondary N) is 1. The highest BCUT2D eigenvalue weighted by Crippen LogP contribution is 2.17. The van der Waals surface area contributed by atoms with Crippen molar-refractivity contribution in [2.24, 2.45) is 0 Å². The molecule has 0 radical (unpaired) electrons. The summed E-state index contributed by atoms with van der Waals surface area (Å²) in [5.41, 5.74) is 1.41. The summed E-state index contributed by atoms with van der Waals surface area (Å²) in [6.45, 7) is 9.05. The van der Waals surface area contributed by atoms with E-state index in [2.05, 4.69) is 61.3 Å². The standard InChI is InChI=1S/C14H22N2/c1-11-9-15-12(2)13(3)16(11)10-14-7-5-4-6-8-14/h4-8,11-13,15H,9-10H2,1-3H3/t11-,12-,13+/m0/s1. The molecule has 2 rings (SSSR count). The largest absolute Gasteiger partial charge is 0.311 e. The molecule has 0 unspecified atom stereocenters. The first kappa shape index (κ1) is 11.6. The third-order valence-electron chi connectivity index (χ3n) is 3.76. The van der Waals surface area contributed by atoms with Gasteiger partial charge in [0, 0.05) is 31.2 Å². The van der Waals surface area contributed by atoms with Gasteiger partial charge in [-0.1, -0.05) is 30.3 Å². The predicted octanol–water partition coefficient (Wildman–Crippen LogP) is 2.26. The van der Waals surface area contributed by atoms with Gasteiger partial charge in [-0.3, -0.25) is 4.90 Å². The minimum absolute atomic E-state index is 0.583. The second-order valence-electron chi connectivity index (χ2n) is 4.94. The third kappa shape index (κ3) is 2.45. The van der Waals surface area contributed by atoms with Crippen LogP contribution in [0.25, 0.3) is 0 Å². The molecule has 2 heteroatoms. The quantitative estimate of drug-likeness (QED) is 0.819. The summed E-state index contributed by atoms with van der Waals surface area (Å²) < 4.78 is 0. The molecule has 1 aromatic carbocycles. The molecule has 3 atom stereocenters. The van der Waals surface area contributed by atoms with Crippen molar-refractivity contribution in [1.29, 1.82) is 0 Å². The highest BCUT2D eigenvalue weighted by molar-refractivity contribution is 5.15. The van der Waals surface area contributed by atoms with Crippen LogP contribution in [0.3, 0.4) is 0 Å². The smallest absolute Gasteiger partial charge is 0.0240 e. The molecule has 1 fully saturated rings. The van der Waals surface area contributed by atoms with E-state index in [1.165, 1.54) is 5.56 Å². The van der Waals surface area contributed by atoms with Crippen molar-refractivity contribution >= 4 is 0 Å². The van der Waals surface area contributed by atoms with Gasteiger partial charge in [0.1, 0.15) is 0 Å². The van der Waals surface area contributed by atoms with E-state index in [0.717, 1.165) is 13.1 Å². The molecule has 1 aliphatic rings. The van der Waals surface area contributed by atoms with Crippen LogP contribution in [0.4, 0.5) is 0 Å². The first-order chi connectivity index (χ1) is 7.68. The molecular weight excluding hydrogens is 196 g/mol. The Labute approximate surface area is 98.7 Å². The Balaban J connectivity index is 2.07. The number of hydrogen-bond acceptors (Lipinski definition) is 2. The lowest BCUT2D eigenvalue weighted by atomic mass is 10.0. The van der Waals surface area contributed by atoms with Crippen LogP contribution in [-0.2, 0) is 6.54 Å². The van der Waals surface area contributed by atoms with Crippen molar-refractivity contribution in [2.75, 3.05) is 6.54 Å². The normalized spacial score (nSPS) is 31.6. The molecule has 0 aromatic heterocycles. The van der Waals surface area contributed by atoms with E-state index in [0.29, 0.717) is 18.1 Å². The van der Waals surface area contributed by atoms with Crippen molar-refractivity contribution in [2.45, 2.75) is 45.4 Å². The molecule has 1 saturated heterocycles. The minimum Gasteiger partial charge on any atom is -0.311 e. The molecule has 88 valence electrons. The Hall–Kier alpha value is -0.860. The highest BCUT2D eigenvalue weighted by Gasteiger charge is 2.29. The molecular formula is C14H22N2. The van der Waals surface area contributed by atoms with Crippen LogP contribution < -0.4 is 5.32 Å². The van der Waals surface area contributed by atoms with Crippen LogP contribution in [0.15, 0.2) is 30.3 Å². The van der Waals surface area contributed by atoms with E-state index in [9.17, 15) is 0 Å². The molecule has 0 saturated carbocycles. The van der Waals surface area contributed by atoms with E-state index < -0.39 is 0 Å². The summed E-state index contributed by atoms with van der Waals surface area (Å²) in [6.07, 6.45) is 0. The monoisotopic (exact) mass is 218 g/mol. The van der Waals surface area contributed by atoms with Crippen LogP contribution in [0.5, 0.6) is 0 Å². The molecule has 0 aliphatic carbocycles. The van der Waals surface area contributed by atoms with E-state index in [4.69, 9.17) is 0 Å². The Morgan fingerprint density at radius 2 is 1.88 bits per heavy atom. The maximum atomic E-state index is 3.56. The van der Waals surface area contributed by atoms with E-state index in [1.54, 1.807) is 0 Å². The van der Waals surface area contributed by atoms with Gasteiger partial charge in [0.2, 0.25) is 0 Å². The van der Waals surface area contributed by atoms with Crippen LogP contribution >= 0.6 is 0 Å². The van der Waals surface area contributed by atoms with Gasteiger partial charge in [0.15, 0.2) is 0 Å². The van der Waals surface area contributed by atoms with Crippen LogP contribution in [-0.4, -0.2) is 29.6 Å². The zero-order chi connectivity index (χ0) is 11.5. The zero-order valence-corrected chi connectivity index (χ0v) is 10.5. The lowest BCUT2D eigenvalue weighted by Gasteiger charge is -2.43. The van der Waals surface area contributed by atoms with Gasteiger partial charge in [-0.2, -0.15) is 0 Å². The number of rotatable bonds is 2. The molecule has 0 bridgehead atoms. The fraction of sp³-hybridized carbons (Fsp3) is 0.571. The van der Waals surface area contributed by atoms with Crippen LogP contribution in [0.1, 0.15) is 26.3 Å². The average Bonchev–Trinajstić information content (AvgIpc) is 2.31. The van der Waals surface area contributed by atoms with Crippen molar-refractivity contribution in [3.05, 3.63) is 35.9 Å². The van der Waals surface area contributed by atoms with E-state index in [1.807, 2.05) is 0 Å². The van der Waals surface area contributed by atoms with Gasteiger partial charge >= 0.3 is 0 Å². The van der Waals surface area contributed by atoms with Crippen LogP contribution in [0.2, 0.25) is 0 Å². The molecule has 1 N–H and O–H groups in total. The van der Waals surface area contributed by atoms with Crippen molar-refractivity contribution in [1.82, 2.24) is 10.2 Å². The zero-order valence-electron chi connectivity index (χ0n) is 10.5. The fourth-order valence-electron chi connectivity index (χ4n) is 2.43. The molecule has 0 amide bonds. The van der Waals surface area contributed by atoms with Gasteiger partial charge in [0.05, 0.1) is 0 Å². The number of nitrogens with zero attached hydrogens (tertiary/aromatic N) is 1. The summed E-state index contributed by atoms with van der Waals surface area (Å²) in [4.78, 5) is 2.59. The molecule has 1 aromatic rings. The van der Waals surface area contributed by atoms with Gasteiger partial charge in [-0.05, 0) is 26.3 Å². The summed E-state index contributed by atoms with van der Waals surface area (Å²) in [7, 11) is 0. The van der Waals surface area contributed by atoms with Crippen molar-refractivity contribution < 1.29 is 0 Å². The molecule has 1 aliphatic heterocycles. The predicted molar refractivity (Wildman–Crippen MR) is 68.4 cm³/mol. The maximum Gasteiger partial charge on any atom is 0.0240 e. The number of hydrogen-bond donors (Lipinski definition) is 1. The molecule has 0 spiro atoms. The highest BCUT2D eigenvalue weighted by atomic mass is 15.3.